The number of H-pyrrole nitrogens is 1. The Hall–Kier alpha value is -3.44. The summed E-state index contributed by atoms with van der Waals surface area (Å²) in [4.78, 5) is 25.9. The summed E-state index contributed by atoms with van der Waals surface area (Å²) in [7, 11) is -4.30. The minimum atomic E-state index is -3.66. The van der Waals surface area contributed by atoms with Gasteiger partial charge in [-0.2, -0.15) is 4.31 Å². The maximum Gasteiger partial charge on any atom is 0.274 e. The van der Waals surface area contributed by atoms with Gasteiger partial charge in [0.25, 0.3) is 5.56 Å². The number of pyridine rings is 1. The lowest BCUT2D eigenvalue weighted by Gasteiger charge is -2.18. The number of hydrogen-bond donors (Lipinski definition) is 2. The molecule has 0 amide bonds. The zero-order valence-electron chi connectivity index (χ0n) is 21.6. The maximum absolute atomic E-state index is 13.4. The van der Waals surface area contributed by atoms with Gasteiger partial charge in [0.1, 0.15) is 17.0 Å². The van der Waals surface area contributed by atoms with Crippen molar-refractivity contribution in [1.29, 1.82) is 0 Å². The number of rotatable bonds is 7. The minimum Gasteiger partial charge on any atom is -0.457 e. The van der Waals surface area contributed by atoms with Gasteiger partial charge in [-0.1, -0.05) is 23.9 Å². The third-order valence-corrected chi connectivity index (χ3v) is 9.51. The summed E-state index contributed by atoms with van der Waals surface area (Å²) in [5.74, 6) is 1.05. The van der Waals surface area contributed by atoms with Crippen molar-refractivity contribution in [3.63, 3.8) is 0 Å². The molecule has 4 aromatic rings. The first-order valence-corrected chi connectivity index (χ1v) is 17.0. The number of fused-ring (bicyclic) bond motifs is 1. The Bertz CT molecular complexity index is 1680. The monoisotopic (exact) mass is 549 g/mol. The van der Waals surface area contributed by atoms with E-state index in [0.717, 1.165) is 18.4 Å². The summed E-state index contributed by atoms with van der Waals surface area (Å²) in [5, 5.41) is 0.685. The molecule has 1 aliphatic rings. The molecular formula is C28H31N3O5SSi. The largest absolute Gasteiger partial charge is 0.457 e. The van der Waals surface area contributed by atoms with Gasteiger partial charge in [-0.05, 0) is 67.9 Å². The summed E-state index contributed by atoms with van der Waals surface area (Å²) in [5.41, 5.74) is 4.31. The van der Waals surface area contributed by atoms with E-state index in [1.807, 2.05) is 55.2 Å². The van der Waals surface area contributed by atoms with E-state index in [1.165, 1.54) is 8.87 Å². The molecule has 5 rings (SSSR count). The molecule has 0 unspecified atom stereocenters. The van der Waals surface area contributed by atoms with Gasteiger partial charge in [0, 0.05) is 49.0 Å². The topological polar surface area (TPSA) is 105 Å². The molecule has 1 saturated heterocycles. The van der Waals surface area contributed by atoms with Crippen LogP contribution in [0.2, 0.25) is 13.1 Å². The van der Waals surface area contributed by atoms with Gasteiger partial charge in [0.05, 0.1) is 4.90 Å². The molecule has 198 valence electrons. The zero-order chi connectivity index (χ0) is 27.1. The number of benzene rings is 2. The smallest absolute Gasteiger partial charge is 0.274 e. The number of nitrogens with zero attached hydrogens (tertiary/aromatic N) is 2. The Morgan fingerprint density at radius 1 is 1.03 bits per heavy atom. The predicted octanol–water partition coefficient (Wildman–Crippen LogP) is 4.86. The molecular weight excluding hydrogens is 518 g/mol. The molecule has 2 aromatic heterocycles. The van der Waals surface area contributed by atoms with Crippen molar-refractivity contribution >= 4 is 35.3 Å². The SMILES string of the molecule is Cn1cc(-c2cc(S(=O)(=O)N3CCCC3)ccc2Oc2ccc(/C=C/[Si](C)(C)O)cc2)c2cc[nH]c2c1=O. The summed E-state index contributed by atoms with van der Waals surface area (Å²) in [6.45, 7) is 4.71. The van der Waals surface area contributed by atoms with Gasteiger partial charge < -0.3 is 19.1 Å². The Morgan fingerprint density at radius 3 is 2.42 bits per heavy atom. The fourth-order valence-corrected chi connectivity index (χ4v) is 6.75. The second-order valence-corrected chi connectivity index (χ2v) is 15.7. The van der Waals surface area contributed by atoms with Crippen molar-refractivity contribution in [3.8, 4) is 22.6 Å². The molecule has 0 spiro atoms. The van der Waals surface area contributed by atoms with Crippen LogP contribution in [0, 0.1) is 0 Å². The third kappa shape index (κ3) is 5.25. The average Bonchev–Trinajstić information content (AvgIpc) is 3.59. The van der Waals surface area contributed by atoms with Crippen LogP contribution < -0.4 is 10.3 Å². The van der Waals surface area contributed by atoms with Crippen LogP contribution in [0.1, 0.15) is 18.4 Å². The van der Waals surface area contributed by atoms with E-state index in [9.17, 15) is 18.0 Å². The van der Waals surface area contributed by atoms with E-state index in [4.69, 9.17) is 4.74 Å². The molecule has 1 aliphatic heterocycles. The van der Waals surface area contributed by atoms with Crippen molar-refractivity contribution in [2.24, 2.45) is 7.05 Å². The molecule has 1 fully saturated rings. The summed E-state index contributed by atoms with van der Waals surface area (Å²) < 4.78 is 36.1. The van der Waals surface area contributed by atoms with Crippen molar-refractivity contribution < 1.29 is 18.0 Å². The van der Waals surface area contributed by atoms with Gasteiger partial charge in [-0.3, -0.25) is 4.79 Å². The second-order valence-electron chi connectivity index (χ2n) is 10.2. The fourth-order valence-electron chi connectivity index (χ4n) is 4.60. The van der Waals surface area contributed by atoms with Crippen molar-refractivity contribution in [2.45, 2.75) is 30.8 Å². The Morgan fingerprint density at radius 2 is 1.74 bits per heavy atom. The lowest BCUT2D eigenvalue weighted by molar-refractivity contribution is 0.475. The number of ether oxygens (including phenoxy) is 1. The normalized spacial score (nSPS) is 15.1. The van der Waals surface area contributed by atoms with Crippen LogP contribution in [0.4, 0.5) is 0 Å². The van der Waals surface area contributed by atoms with Gasteiger partial charge in [0.15, 0.2) is 0 Å². The molecule has 2 aromatic carbocycles. The number of aromatic nitrogens is 2. The molecule has 38 heavy (non-hydrogen) atoms. The molecule has 2 N–H and O–H groups in total. The predicted molar refractivity (Wildman–Crippen MR) is 152 cm³/mol. The molecule has 3 heterocycles. The van der Waals surface area contributed by atoms with E-state index in [-0.39, 0.29) is 10.5 Å². The second kappa shape index (κ2) is 10.0. The van der Waals surface area contributed by atoms with Crippen LogP contribution in [-0.2, 0) is 17.1 Å². The number of aromatic amines is 1. The zero-order valence-corrected chi connectivity index (χ0v) is 23.5. The van der Waals surface area contributed by atoms with Gasteiger partial charge in [0.2, 0.25) is 18.3 Å². The standard InChI is InChI=1S/C28H31N3O5SSi/c1-30-19-25(23-12-14-29-27(23)28(30)32)24-18-22(37(33,34)31-15-4-5-16-31)10-11-26(24)36-21-8-6-20(7-9-21)13-17-38(2,3)35/h6-14,17-19,29,35H,4-5,15-16H2,1-3H3/b17-13+. The highest BCUT2D eigenvalue weighted by molar-refractivity contribution is 7.89. The van der Waals surface area contributed by atoms with Gasteiger partial charge in [-0.25, -0.2) is 8.42 Å². The lowest BCUT2D eigenvalue weighted by atomic mass is 10.0. The number of nitrogens with one attached hydrogen (secondary N) is 1. The van der Waals surface area contributed by atoms with E-state index >= 15 is 0 Å². The van der Waals surface area contributed by atoms with Gasteiger partial charge >= 0.3 is 0 Å². The summed E-state index contributed by atoms with van der Waals surface area (Å²) >= 11 is 0. The number of aryl methyl sites for hydroxylation is 1. The molecule has 0 atom stereocenters. The molecule has 0 saturated carbocycles. The van der Waals surface area contributed by atoms with Crippen molar-refractivity contribution in [3.05, 3.63) is 82.5 Å². The van der Waals surface area contributed by atoms with E-state index in [0.29, 0.717) is 46.6 Å². The average molecular weight is 550 g/mol. The van der Waals surface area contributed by atoms with E-state index in [2.05, 4.69) is 4.98 Å². The lowest BCUT2D eigenvalue weighted by Crippen LogP contribution is -2.27. The highest BCUT2D eigenvalue weighted by Gasteiger charge is 2.28. The van der Waals surface area contributed by atoms with Crippen LogP contribution in [0.15, 0.2) is 76.3 Å². The van der Waals surface area contributed by atoms with Crippen LogP contribution in [0.5, 0.6) is 11.5 Å². The van der Waals surface area contributed by atoms with Gasteiger partial charge in [-0.15, -0.1) is 0 Å². The highest BCUT2D eigenvalue weighted by Crippen LogP contribution is 2.39. The molecule has 0 aliphatic carbocycles. The van der Waals surface area contributed by atoms with Crippen LogP contribution >= 0.6 is 0 Å². The first-order valence-electron chi connectivity index (χ1n) is 12.5. The fraction of sp³-hybridized carbons (Fsp3) is 0.250. The highest BCUT2D eigenvalue weighted by atomic mass is 32.2. The summed E-state index contributed by atoms with van der Waals surface area (Å²) in [6, 6.07) is 14.2. The molecule has 0 bridgehead atoms. The van der Waals surface area contributed by atoms with E-state index < -0.39 is 18.3 Å². The maximum atomic E-state index is 13.4. The van der Waals surface area contributed by atoms with Crippen LogP contribution in [0.3, 0.4) is 0 Å². The number of sulfonamides is 1. The van der Waals surface area contributed by atoms with Crippen LogP contribution in [0.25, 0.3) is 28.1 Å². The van der Waals surface area contributed by atoms with E-state index in [1.54, 1.807) is 37.6 Å². The summed E-state index contributed by atoms with van der Waals surface area (Å²) in [6.07, 6.45) is 7.00. The Labute approximate surface area is 223 Å². The Balaban J connectivity index is 1.60. The van der Waals surface area contributed by atoms with Crippen molar-refractivity contribution in [1.82, 2.24) is 13.9 Å². The minimum absolute atomic E-state index is 0.171. The Kier molecular flexibility index (Phi) is 6.91. The third-order valence-electron chi connectivity index (χ3n) is 6.63. The first kappa shape index (κ1) is 26.2. The number of hydrogen-bond acceptors (Lipinski definition) is 5. The first-order chi connectivity index (χ1) is 18.0. The quantitative estimate of drug-likeness (QED) is 0.321. The molecule has 8 nitrogen and oxygen atoms in total. The van der Waals surface area contributed by atoms with Crippen LogP contribution in [-0.4, -0.2) is 48.5 Å². The molecule has 0 radical (unpaired) electrons. The molecule has 10 heteroatoms. The van der Waals surface area contributed by atoms with Crippen molar-refractivity contribution in [2.75, 3.05) is 13.1 Å².